The van der Waals surface area contributed by atoms with E-state index in [4.69, 9.17) is 4.74 Å². The van der Waals surface area contributed by atoms with Gasteiger partial charge in [0.25, 0.3) is 0 Å². The van der Waals surface area contributed by atoms with Crippen molar-refractivity contribution in [3.8, 4) is 17.2 Å². The zero-order valence-electron chi connectivity index (χ0n) is 17.9. The lowest BCUT2D eigenvalue weighted by molar-refractivity contribution is -0.342. The summed E-state index contributed by atoms with van der Waals surface area (Å²) in [6.45, 7) is -0.895. The van der Waals surface area contributed by atoms with Gasteiger partial charge >= 0.3 is 30.4 Å². The van der Waals surface area contributed by atoms with Crippen LogP contribution in [0.25, 0.3) is 0 Å². The first-order valence-electron chi connectivity index (χ1n) is 9.70. The number of nitrogens with zero attached hydrogens (tertiary/aromatic N) is 1. The average molecular weight is 539 g/mol. The molecule has 4 nitrogen and oxygen atoms in total. The second-order valence-corrected chi connectivity index (χ2v) is 7.06. The lowest BCUT2D eigenvalue weighted by Crippen LogP contribution is -2.59. The SMILES string of the molecule is CCOc1cccc(C=Nc2cc(C(F)(F)F)ccc2OCC(F)(F)C(F)(F)C(F)(F)C(F)F)c1O. The Balaban J connectivity index is 2.44. The molecular weight excluding hydrogens is 523 g/mol. The molecule has 0 aliphatic heterocycles. The fourth-order valence-corrected chi connectivity index (χ4v) is 2.61. The zero-order chi connectivity index (χ0) is 27.5. The molecule has 2 aromatic rings. The molecule has 0 saturated carbocycles. The Morgan fingerprint density at radius 1 is 0.917 bits per heavy atom. The highest BCUT2D eigenvalue weighted by molar-refractivity contribution is 5.87. The first-order valence-corrected chi connectivity index (χ1v) is 9.70. The largest absolute Gasteiger partial charge is 0.504 e. The Labute approximate surface area is 196 Å². The molecule has 0 aliphatic rings. The number of aromatic hydroxyl groups is 1. The Morgan fingerprint density at radius 2 is 1.56 bits per heavy atom. The van der Waals surface area contributed by atoms with E-state index in [1.807, 2.05) is 0 Å². The van der Waals surface area contributed by atoms with Crippen LogP contribution in [0.5, 0.6) is 17.2 Å². The maximum atomic E-state index is 13.8. The smallest absolute Gasteiger partial charge is 0.416 e. The van der Waals surface area contributed by atoms with Crippen LogP contribution < -0.4 is 9.47 Å². The second kappa shape index (κ2) is 10.4. The van der Waals surface area contributed by atoms with E-state index >= 15 is 0 Å². The lowest BCUT2D eigenvalue weighted by Gasteiger charge is -2.32. The Hall–Kier alpha value is -3.26. The molecule has 0 saturated heterocycles. The molecule has 36 heavy (non-hydrogen) atoms. The number of para-hydroxylation sites is 1. The van der Waals surface area contributed by atoms with Gasteiger partial charge in [0.2, 0.25) is 0 Å². The fraction of sp³-hybridized carbons (Fsp3) is 0.381. The van der Waals surface area contributed by atoms with Crippen molar-refractivity contribution >= 4 is 11.9 Å². The van der Waals surface area contributed by atoms with E-state index in [0.717, 1.165) is 6.21 Å². The molecule has 0 fully saturated rings. The lowest BCUT2D eigenvalue weighted by atomic mass is 10.1. The minimum Gasteiger partial charge on any atom is -0.504 e. The number of rotatable bonds is 10. The Morgan fingerprint density at radius 3 is 2.11 bits per heavy atom. The highest BCUT2D eigenvalue weighted by Gasteiger charge is 2.75. The van der Waals surface area contributed by atoms with E-state index in [-0.39, 0.29) is 24.0 Å². The number of ether oxygens (including phenoxy) is 2. The van der Waals surface area contributed by atoms with Crippen molar-refractivity contribution in [1.29, 1.82) is 0 Å². The van der Waals surface area contributed by atoms with Crippen molar-refractivity contribution in [2.75, 3.05) is 13.2 Å². The van der Waals surface area contributed by atoms with Crippen LogP contribution in [0, 0.1) is 0 Å². The monoisotopic (exact) mass is 539 g/mol. The number of aliphatic imine (C=N–C) groups is 1. The normalized spacial score (nSPS) is 13.5. The van der Waals surface area contributed by atoms with Crippen LogP contribution in [0.4, 0.5) is 54.0 Å². The Bertz CT molecular complexity index is 1090. The van der Waals surface area contributed by atoms with Gasteiger partial charge in [0.1, 0.15) is 11.4 Å². The standard InChI is InChI=1S/C21H16F11NO3/c1-2-35-15-5-3-4-11(16(15)34)9-33-13-8-12(20(28,29)30)6-7-14(13)36-10-18(24,25)21(31,32)19(26,27)17(22)23/h3-9,17,34H,2,10H2,1H3. The third-order valence-electron chi connectivity index (χ3n) is 4.52. The summed E-state index contributed by atoms with van der Waals surface area (Å²) in [4.78, 5) is 3.59. The van der Waals surface area contributed by atoms with Gasteiger partial charge in [-0.05, 0) is 37.3 Å². The molecule has 15 heteroatoms. The molecule has 0 radical (unpaired) electrons. The molecule has 200 valence electrons. The third-order valence-corrected chi connectivity index (χ3v) is 4.52. The van der Waals surface area contributed by atoms with Crippen molar-refractivity contribution in [2.24, 2.45) is 4.99 Å². The van der Waals surface area contributed by atoms with Crippen LogP contribution in [0.2, 0.25) is 0 Å². The summed E-state index contributed by atoms with van der Waals surface area (Å²) >= 11 is 0. The van der Waals surface area contributed by atoms with Crippen LogP contribution in [0.3, 0.4) is 0 Å². The summed E-state index contributed by atoms with van der Waals surface area (Å²) in [7, 11) is 0. The topological polar surface area (TPSA) is 51.0 Å². The highest BCUT2D eigenvalue weighted by Crippen LogP contribution is 2.49. The summed E-state index contributed by atoms with van der Waals surface area (Å²) in [5, 5.41) is 10.1. The highest BCUT2D eigenvalue weighted by atomic mass is 19.4. The van der Waals surface area contributed by atoms with Gasteiger partial charge < -0.3 is 14.6 Å². The minimum atomic E-state index is -6.57. The van der Waals surface area contributed by atoms with Gasteiger partial charge in [-0.3, -0.25) is 4.99 Å². The molecule has 2 rings (SSSR count). The number of halogens is 11. The molecular formula is C21H16F11NO3. The van der Waals surface area contributed by atoms with Crippen molar-refractivity contribution in [2.45, 2.75) is 37.3 Å². The molecule has 0 heterocycles. The number of hydrogen-bond acceptors (Lipinski definition) is 4. The van der Waals surface area contributed by atoms with Crippen molar-refractivity contribution < 1.29 is 62.9 Å². The van der Waals surface area contributed by atoms with Gasteiger partial charge in [-0.15, -0.1) is 0 Å². The molecule has 2 aromatic carbocycles. The molecule has 1 N–H and O–H groups in total. The van der Waals surface area contributed by atoms with Crippen molar-refractivity contribution in [3.63, 3.8) is 0 Å². The van der Waals surface area contributed by atoms with E-state index in [1.165, 1.54) is 18.2 Å². The number of alkyl halides is 11. The van der Waals surface area contributed by atoms with Crippen LogP contribution in [-0.2, 0) is 6.18 Å². The third kappa shape index (κ3) is 5.93. The van der Waals surface area contributed by atoms with Crippen LogP contribution in [0.15, 0.2) is 41.4 Å². The molecule has 0 spiro atoms. The summed E-state index contributed by atoms with van der Waals surface area (Å²) in [6.07, 6.45) is -9.36. The van der Waals surface area contributed by atoms with Gasteiger partial charge in [-0.25, -0.2) is 8.78 Å². The van der Waals surface area contributed by atoms with E-state index in [1.54, 1.807) is 6.92 Å². The summed E-state index contributed by atoms with van der Waals surface area (Å²) < 4.78 is 154. The number of benzene rings is 2. The van der Waals surface area contributed by atoms with E-state index in [2.05, 4.69) is 9.73 Å². The molecule has 0 unspecified atom stereocenters. The van der Waals surface area contributed by atoms with Crippen LogP contribution >= 0.6 is 0 Å². The van der Waals surface area contributed by atoms with E-state index in [9.17, 15) is 53.4 Å². The van der Waals surface area contributed by atoms with Gasteiger partial charge in [-0.1, -0.05) is 6.07 Å². The summed E-state index contributed by atoms with van der Waals surface area (Å²) in [6, 6.07) is 4.89. The average Bonchev–Trinajstić information content (AvgIpc) is 2.77. The van der Waals surface area contributed by atoms with Gasteiger partial charge in [0.15, 0.2) is 18.1 Å². The number of hydrogen-bond donors (Lipinski definition) is 1. The fourth-order valence-electron chi connectivity index (χ4n) is 2.61. The number of phenolic OH excluding ortho intramolecular Hbond substituents is 1. The summed E-state index contributed by atoms with van der Waals surface area (Å²) in [5.41, 5.74) is -2.39. The van der Waals surface area contributed by atoms with Gasteiger partial charge in [0.05, 0.1) is 12.2 Å². The minimum absolute atomic E-state index is 0.0382. The van der Waals surface area contributed by atoms with Crippen LogP contribution in [0.1, 0.15) is 18.1 Å². The van der Waals surface area contributed by atoms with Crippen molar-refractivity contribution in [3.05, 3.63) is 47.5 Å². The first kappa shape index (κ1) is 29.0. The molecule has 0 aromatic heterocycles. The maximum Gasteiger partial charge on any atom is 0.416 e. The zero-order valence-corrected chi connectivity index (χ0v) is 17.9. The number of phenols is 1. The Kier molecular flexibility index (Phi) is 8.36. The summed E-state index contributed by atoms with van der Waals surface area (Å²) in [5.74, 6) is -20.4. The predicted molar refractivity (Wildman–Crippen MR) is 104 cm³/mol. The van der Waals surface area contributed by atoms with E-state index < -0.39 is 59.7 Å². The van der Waals surface area contributed by atoms with E-state index in [0.29, 0.717) is 12.1 Å². The quantitative estimate of drug-likeness (QED) is 0.259. The molecule has 0 amide bonds. The van der Waals surface area contributed by atoms with Gasteiger partial charge in [0, 0.05) is 11.8 Å². The van der Waals surface area contributed by atoms with Crippen molar-refractivity contribution in [1.82, 2.24) is 0 Å². The maximum absolute atomic E-state index is 13.8. The van der Waals surface area contributed by atoms with Gasteiger partial charge in [-0.2, -0.15) is 39.5 Å². The van der Waals surface area contributed by atoms with Crippen LogP contribution in [-0.4, -0.2) is 48.7 Å². The second-order valence-electron chi connectivity index (χ2n) is 7.06. The molecule has 0 bridgehead atoms. The molecule has 0 aliphatic carbocycles. The predicted octanol–water partition coefficient (Wildman–Crippen LogP) is 7.11. The molecule has 0 atom stereocenters. The first-order chi connectivity index (χ1) is 16.5.